The van der Waals surface area contributed by atoms with E-state index in [4.69, 9.17) is 0 Å². The predicted octanol–water partition coefficient (Wildman–Crippen LogP) is 4.25. The highest BCUT2D eigenvalue weighted by Crippen LogP contribution is 2.64. The van der Waals surface area contributed by atoms with E-state index in [9.17, 15) is 0 Å². The van der Waals surface area contributed by atoms with Crippen LogP contribution in [0.2, 0.25) is 0 Å². The lowest BCUT2D eigenvalue weighted by Gasteiger charge is -2.36. The average molecular weight is 263 g/mol. The van der Waals surface area contributed by atoms with Crippen molar-refractivity contribution >= 4 is 0 Å². The number of hydrogen-bond acceptors (Lipinski definition) is 1. The minimum atomic E-state index is 0.0726. The first kappa shape index (κ1) is 12.2. The molecule has 0 amide bonds. The molecule has 2 bridgehead atoms. The minimum Gasteiger partial charge on any atom is -0.279 e. The summed E-state index contributed by atoms with van der Waals surface area (Å²) in [6.07, 6.45) is 2.25. The fraction of sp³-hybridized carbons (Fsp3) is 0.368. The second-order valence-corrected chi connectivity index (χ2v) is 6.08. The van der Waals surface area contributed by atoms with E-state index >= 15 is 0 Å². The van der Waals surface area contributed by atoms with Crippen LogP contribution in [0.5, 0.6) is 0 Å². The van der Waals surface area contributed by atoms with E-state index in [1.165, 1.54) is 22.3 Å². The number of rotatable bonds is 2. The molecular formula is C19H21N. The molecule has 0 saturated carbocycles. The first-order valence-electron chi connectivity index (χ1n) is 7.67. The molecular weight excluding hydrogens is 242 g/mol. The summed E-state index contributed by atoms with van der Waals surface area (Å²) in [5.41, 5.74) is 6.22. The van der Waals surface area contributed by atoms with E-state index in [2.05, 4.69) is 74.3 Å². The van der Waals surface area contributed by atoms with E-state index < -0.39 is 0 Å². The molecule has 1 nitrogen and oxygen atoms in total. The summed E-state index contributed by atoms with van der Waals surface area (Å²) in [5.74, 6) is 0. The monoisotopic (exact) mass is 263 g/mol. The van der Waals surface area contributed by atoms with Crippen LogP contribution < -0.4 is 0 Å². The highest BCUT2D eigenvalue weighted by atomic mass is 15.3. The van der Waals surface area contributed by atoms with Crippen molar-refractivity contribution in [2.45, 2.75) is 37.8 Å². The van der Waals surface area contributed by atoms with Gasteiger partial charge in [0, 0.05) is 0 Å². The largest absolute Gasteiger partial charge is 0.279 e. The van der Waals surface area contributed by atoms with Gasteiger partial charge in [-0.3, -0.25) is 4.90 Å². The second-order valence-electron chi connectivity index (χ2n) is 6.08. The molecule has 2 aromatic rings. The summed E-state index contributed by atoms with van der Waals surface area (Å²) in [4.78, 5) is 2.63. The van der Waals surface area contributed by atoms with Crippen LogP contribution in [0, 0.1) is 0 Å². The van der Waals surface area contributed by atoms with Gasteiger partial charge in [0.2, 0.25) is 0 Å². The van der Waals surface area contributed by atoms with Crippen LogP contribution in [0.25, 0.3) is 0 Å². The van der Waals surface area contributed by atoms with Crippen molar-refractivity contribution in [3.63, 3.8) is 0 Å². The molecule has 2 aliphatic rings. The van der Waals surface area contributed by atoms with Crippen molar-refractivity contribution in [3.05, 3.63) is 70.8 Å². The van der Waals surface area contributed by atoms with E-state index in [1.807, 2.05) is 0 Å². The molecule has 0 unspecified atom stereocenters. The molecule has 2 aliphatic heterocycles. The smallest absolute Gasteiger partial charge is 0.0727 e. The van der Waals surface area contributed by atoms with Crippen molar-refractivity contribution in [2.24, 2.45) is 0 Å². The maximum absolute atomic E-state index is 2.63. The molecule has 0 N–H and O–H groups in total. The Morgan fingerprint density at radius 1 is 0.700 bits per heavy atom. The molecule has 0 aliphatic carbocycles. The lowest BCUT2D eigenvalue weighted by atomic mass is 9.71. The predicted molar refractivity (Wildman–Crippen MR) is 82.8 cm³/mol. The molecule has 0 spiro atoms. The fourth-order valence-electron chi connectivity index (χ4n) is 4.98. The van der Waals surface area contributed by atoms with Crippen molar-refractivity contribution < 1.29 is 0 Å². The molecule has 20 heavy (non-hydrogen) atoms. The first-order valence-corrected chi connectivity index (χ1v) is 7.67. The number of hydrogen-bond donors (Lipinski definition) is 0. The van der Waals surface area contributed by atoms with Crippen molar-refractivity contribution in [1.29, 1.82) is 0 Å². The van der Waals surface area contributed by atoms with E-state index in [0.717, 1.165) is 12.8 Å². The molecule has 0 fully saturated rings. The van der Waals surface area contributed by atoms with Gasteiger partial charge in [0.1, 0.15) is 0 Å². The van der Waals surface area contributed by atoms with Crippen LogP contribution in [-0.4, -0.2) is 11.9 Å². The molecule has 2 aromatic carbocycles. The molecule has 0 saturated heterocycles. The van der Waals surface area contributed by atoms with Gasteiger partial charge in [-0.05, 0) is 42.1 Å². The zero-order valence-electron chi connectivity index (χ0n) is 12.5. The van der Waals surface area contributed by atoms with Crippen molar-refractivity contribution in [1.82, 2.24) is 4.90 Å². The number of nitrogens with zero attached hydrogens (tertiary/aromatic N) is 1. The van der Waals surface area contributed by atoms with Crippen LogP contribution in [0.3, 0.4) is 0 Å². The summed E-state index contributed by atoms with van der Waals surface area (Å²) >= 11 is 0. The molecule has 102 valence electrons. The van der Waals surface area contributed by atoms with E-state index in [0.29, 0.717) is 0 Å². The van der Waals surface area contributed by atoms with Crippen molar-refractivity contribution in [2.75, 3.05) is 7.05 Å². The summed E-state index contributed by atoms with van der Waals surface area (Å²) in [5, 5.41) is 0. The van der Waals surface area contributed by atoms with E-state index in [-0.39, 0.29) is 11.1 Å². The summed E-state index contributed by atoms with van der Waals surface area (Å²) in [7, 11) is 2.31. The second kappa shape index (κ2) is 3.73. The summed E-state index contributed by atoms with van der Waals surface area (Å²) in [6.45, 7) is 4.64. The third-order valence-corrected chi connectivity index (χ3v) is 5.80. The molecule has 0 atom stereocenters. The van der Waals surface area contributed by atoms with Crippen LogP contribution in [-0.2, 0) is 11.1 Å². The third kappa shape index (κ3) is 0.999. The van der Waals surface area contributed by atoms with E-state index in [1.54, 1.807) is 0 Å². The highest BCUT2D eigenvalue weighted by Gasteiger charge is 2.63. The zero-order valence-corrected chi connectivity index (χ0v) is 12.5. The Labute approximate surface area is 121 Å². The zero-order chi connectivity index (χ0) is 14.0. The molecule has 1 heteroatoms. The molecule has 2 heterocycles. The minimum absolute atomic E-state index is 0.0726. The van der Waals surface area contributed by atoms with Gasteiger partial charge in [-0.25, -0.2) is 0 Å². The molecule has 4 rings (SSSR count). The van der Waals surface area contributed by atoms with Gasteiger partial charge < -0.3 is 0 Å². The van der Waals surface area contributed by atoms with Gasteiger partial charge in [-0.2, -0.15) is 0 Å². The Bertz CT molecular complexity index is 580. The Morgan fingerprint density at radius 3 is 1.25 bits per heavy atom. The maximum Gasteiger partial charge on any atom is 0.0727 e. The summed E-state index contributed by atoms with van der Waals surface area (Å²) in [6, 6.07) is 18.1. The number of benzene rings is 2. The Morgan fingerprint density at radius 2 is 1.00 bits per heavy atom. The topological polar surface area (TPSA) is 3.24 Å². The Hall–Kier alpha value is -1.60. The lowest BCUT2D eigenvalue weighted by Crippen LogP contribution is -2.42. The quantitative estimate of drug-likeness (QED) is 0.783. The lowest BCUT2D eigenvalue weighted by molar-refractivity contribution is 0.103. The van der Waals surface area contributed by atoms with Gasteiger partial charge in [-0.15, -0.1) is 0 Å². The fourth-order valence-corrected chi connectivity index (χ4v) is 4.98. The van der Waals surface area contributed by atoms with Crippen LogP contribution in [0.4, 0.5) is 0 Å². The maximum atomic E-state index is 2.63. The van der Waals surface area contributed by atoms with Gasteiger partial charge in [-0.1, -0.05) is 62.4 Å². The van der Waals surface area contributed by atoms with Gasteiger partial charge in [0.25, 0.3) is 0 Å². The standard InChI is InChI=1S/C19H21N/c1-4-18-14-10-6-8-12-16(14)19(5-2,20(18)3)17-13-9-7-11-15(17)18/h6-13H,4-5H2,1-3H3. The van der Waals surface area contributed by atoms with Gasteiger partial charge >= 0.3 is 0 Å². The van der Waals surface area contributed by atoms with Crippen LogP contribution in [0.15, 0.2) is 48.5 Å². The Balaban J connectivity index is 2.17. The summed E-state index contributed by atoms with van der Waals surface area (Å²) < 4.78 is 0. The van der Waals surface area contributed by atoms with Crippen LogP contribution >= 0.6 is 0 Å². The Kier molecular flexibility index (Phi) is 2.27. The first-order chi connectivity index (χ1) is 9.73. The molecule has 0 radical (unpaired) electrons. The van der Waals surface area contributed by atoms with Gasteiger partial charge in [0.05, 0.1) is 11.1 Å². The number of fused-ring (bicyclic) bond motifs is 8. The normalized spacial score (nSPS) is 30.4. The van der Waals surface area contributed by atoms with Crippen molar-refractivity contribution in [3.8, 4) is 0 Å². The SMILES string of the molecule is CCC12c3ccccc3C(CC)(c3ccccc31)N2C. The third-order valence-electron chi connectivity index (χ3n) is 5.80. The highest BCUT2D eigenvalue weighted by molar-refractivity contribution is 5.64. The average Bonchev–Trinajstić information content (AvgIpc) is 2.87. The van der Waals surface area contributed by atoms with Crippen LogP contribution in [0.1, 0.15) is 48.9 Å². The van der Waals surface area contributed by atoms with Gasteiger partial charge in [0.15, 0.2) is 0 Å². The molecule has 0 aromatic heterocycles.